The smallest absolute Gasteiger partial charge is 0.263 e. The predicted molar refractivity (Wildman–Crippen MR) is 71.0 cm³/mol. The summed E-state index contributed by atoms with van der Waals surface area (Å²) in [5.41, 5.74) is 7.39. The van der Waals surface area contributed by atoms with E-state index in [0.29, 0.717) is 16.6 Å². The second kappa shape index (κ2) is 5.02. The van der Waals surface area contributed by atoms with Crippen molar-refractivity contribution in [1.82, 2.24) is 4.98 Å². The van der Waals surface area contributed by atoms with E-state index in [-0.39, 0.29) is 5.56 Å². The molecule has 1 aromatic carbocycles. The molecule has 0 aliphatic heterocycles. The summed E-state index contributed by atoms with van der Waals surface area (Å²) in [6.07, 6.45) is -2.45. The van der Waals surface area contributed by atoms with E-state index in [0.717, 1.165) is 10.6 Å². The molecular formula is C13H14F2N2S. The van der Waals surface area contributed by atoms with Crippen LogP contribution in [0.1, 0.15) is 36.8 Å². The van der Waals surface area contributed by atoms with Crippen molar-refractivity contribution in [1.29, 1.82) is 0 Å². The van der Waals surface area contributed by atoms with Crippen molar-refractivity contribution in [2.24, 2.45) is 0 Å². The number of anilines is 1. The zero-order chi connectivity index (χ0) is 13.3. The van der Waals surface area contributed by atoms with Gasteiger partial charge < -0.3 is 5.73 Å². The number of thiazole rings is 1. The van der Waals surface area contributed by atoms with Crippen LogP contribution in [0.4, 0.5) is 13.8 Å². The van der Waals surface area contributed by atoms with Crippen LogP contribution in [-0.4, -0.2) is 4.98 Å². The van der Waals surface area contributed by atoms with Crippen molar-refractivity contribution < 1.29 is 8.78 Å². The van der Waals surface area contributed by atoms with Crippen LogP contribution in [-0.2, 0) is 0 Å². The lowest BCUT2D eigenvalue weighted by Crippen LogP contribution is -1.89. The predicted octanol–water partition coefficient (Wildman–Crippen LogP) is 4.45. The van der Waals surface area contributed by atoms with Crippen molar-refractivity contribution in [3.05, 3.63) is 34.8 Å². The molecule has 0 bridgehead atoms. The highest BCUT2D eigenvalue weighted by Gasteiger charge is 2.13. The molecule has 0 saturated heterocycles. The highest BCUT2D eigenvalue weighted by molar-refractivity contribution is 7.16. The second-order valence-corrected chi connectivity index (χ2v) is 5.40. The lowest BCUT2D eigenvalue weighted by Gasteiger charge is -2.02. The van der Waals surface area contributed by atoms with Crippen LogP contribution < -0.4 is 5.73 Å². The van der Waals surface area contributed by atoms with Gasteiger partial charge in [-0.05, 0) is 0 Å². The van der Waals surface area contributed by atoms with Gasteiger partial charge in [-0.25, -0.2) is 13.8 Å². The molecule has 0 amide bonds. The van der Waals surface area contributed by atoms with E-state index in [4.69, 9.17) is 5.73 Å². The maximum absolute atomic E-state index is 12.5. The summed E-state index contributed by atoms with van der Waals surface area (Å²) in [5, 5.41) is 1.59. The largest absolute Gasteiger partial charge is 0.389 e. The van der Waals surface area contributed by atoms with E-state index in [1.54, 1.807) is 12.1 Å². The molecule has 0 spiro atoms. The maximum Gasteiger partial charge on any atom is 0.263 e. The number of hydrogen-bond acceptors (Lipinski definition) is 3. The number of halogens is 2. The molecule has 18 heavy (non-hydrogen) atoms. The number of nitrogens with zero attached hydrogens (tertiary/aromatic N) is 1. The lowest BCUT2D eigenvalue weighted by molar-refractivity contribution is 0.151. The maximum atomic E-state index is 12.5. The van der Waals surface area contributed by atoms with Gasteiger partial charge in [-0.3, -0.25) is 0 Å². The van der Waals surface area contributed by atoms with Gasteiger partial charge in [-0.2, -0.15) is 0 Å². The third-order valence-corrected chi connectivity index (χ3v) is 3.79. The number of nitrogens with two attached hydrogens (primary N) is 1. The quantitative estimate of drug-likeness (QED) is 0.893. The van der Waals surface area contributed by atoms with Crippen LogP contribution in [0.5, 0.6) is 0 Å². The zero-order valence-corrected chi connectivity index (χ0v) is 11.0. The van der Waals surface area contributed by atoms with E-state index < -0.39 is 6.43 Å². The van der Waals surface area contributed by atoms with Crippen LogP contribution in [0.2, 0.25) is 0 Å². The zero-order valence-electron chi connectivity index (χ0n) is 10.2. The first kappa shape index (κ1) is 13.0. The average molecular weight is 268 g/mol. The minimum Gasteiger partial charge on any atom is -0.389 e. The van der Waals surface area contributed by atoms with Gasteiger partial charge in [0.25, 0.3) is 6.43 Å². The Morgan fingerprint density at radius 2 is 1.78 bits per heavy atom. The number of alkyl halides is 2. The van der Waals surface area contributed by atoms with Gasteiger partial charge in [0.2, 0.25) is 0 Å². The van der Waals surface area contributed by atoms with E-state index >= 15 is 0 Å². The molecule has 0 unspecified atom stereocenters. The molecule has 0 aliphatic carbocycles. The summed E-state index contributed by atoms with van der Waals surface area (Å²) in [4.78, 5) is 4.46. The Kier molecular flexibility index (Phi) is 3.61. The molecule has 2 N–H and O–H groups in total. The van der Waals surface area contributed by atoms with Crippen LogP contribution in [0.25, 0.3) is 11.3 Å². The van der Waals surface area contributed by atoms with Crippen LogP contribution in [0, 0.1) is 0 Å². The minimum atomic E-state index is -2.45. The number of nitrogen functional groups attached to an aromatic ring is 1. The van der Waals surface area contributed by atoms with E-state index in [1.807, 2.05) is 13.8 Å². The minimum absolute atomic E-state index is 0.0108. The molecule has 5 heteroatoms. The van der Waals surface area contributed by atoms with E-state index in [2.05, 4.69) is 4.98 Å². The number of benzene rings is 1. The van der Waals surface area contributed by atoms with Crippen molar-refractivity contribution in [3.8, 4) is 11.3 Å². The fourth-order valence-electron chi connectivity index (χ4n) is 1.59. The number of hydrogen-bond donors (Lipinski definition) is 1. The van der Waals surface area contributed by atoms with Crippen molar-refractivity contribution in [2.75, 3.05) is 5.73 Å². The standard InChI is InChI=1S/C13H14F2N2S/c1-7(2)13-17-10(12(16)18-13)8-3-5-9(6-4-8)11(14)15/h3-7,11H,16H2,1-2H3. The molecule has 0 fully saturated rings. The second-order valence-electron chi connectivity index (χ2n) is 4.34. The first-order valence-corrected chi connectivity index (χ1v) is 6.45. The Morgan fingerprint density at radius 3 is 2.22 bits per heavy atom. The van der Waals surface area contributed by atoms with Crippen LogP contribution in [0.3, 0.4) is 0 Å². The van der Waals surface area contributed by atoms with Crippen molar-refractivity contribution in [2.45, 2.75) is 26.2 Å². The first-order chi connectivity index (χ1) is 8.49. The van der Waals surface area contributed by atoms with Gasteiger partial charge in [0.15, 0.2) is 0 Å². The molecule has 0 saturated carbocycles. The molecule has 96 valence electrons. The Balaban J connectivity index is 2.36. The molecule has 1 heterocycles. The lowest BCUT2D eigenvalue weighted by atomic mass is 10.1. The summed E-state index contributed by atoms with van der Waals surface area (Å²) in [5.74, 6) is 0.311. The average Bonchev–Trinajstić information content (AvgIpc) is 2.71. The summed E-state index contributed by atoms with van der Waals surface area (Å²) in [7, 11) is 0. The summed E-state index contributed by atoms with van der Waals surface area (Å²) < 4.78 is 24.9. The van der Waals surface area contributed by atoms with Gasteiger partial charge in [0.1, 0.15) is 10.7 Å². The summed E-state index contributed by atoms with van der Waals surface area (Å²) in [6, 6.07) is 6.09. The molecule has 0 atom stereocenters. The summed E-state index contributed by atoms with van der Waals surface area (Å²) >= 11 is 1.45. The Bertz CT molecular complexity index is 532. The number of aromatic nitrogens is 1. The van der Waals surface area contributed by atoms with Gasteiger partial charge >= 0.3 is 0 Å². The molecule has 2 nitrogen and oxygen atoms in total. The fourth-order valence-corrected chi connectivity index (χ4v) is 2.45. The topological polar surface area (TPSA) is 38.9 Å². The fraction of sp³-hybridized carbons (Fsp3) is 0.308. The van der Waals surface area contributed by atoms with Crippen LogP contribution >= 0.6 is 11.3 Å². The van der Waals surface area contributed by atoms with Gasteiger partial charge in [-0.1, -0.05) is 38.1 Å². The monoisotopic (exact) mass is 268 g/mol. The molecule has 1 aromatic heterocycles. The van der Waals surface area contributed by atoms with Gasteiger partial charge in [0, 0.05) is 17.0 Å². The van der Waals surface area contributed by atoms with Crippen molar-refractivity contribution >= 4 is 16.3 Å². The van der Waals surface area contributed by atoms with Gasteiger partial charge in [-0.15, -0.1) is 11.3 Å². The highest BCUT2D eigenvalue weighted by atomic mass is 32.1. The Labute approximate surface area is 108 Å². The highest BCUT2D eigenvalue weighted by Crippen LogP contribution is 2.34. The molecule has 2 aromatic rings. The van der Waals surface area contributed by atoms with Crippen LogP contribution in [0.15, 0.2) is 24.3 Å². The van der Waals surface area contributed by atoms with Crippen molar-refractivity contribution in [3.63, 3.8) is 0 Å². The molecule has 2 rings (SSSR count). The van der Waals surface area contributed by atoms with Gasteiger partial charge in [0.05, 0.1) is 5.01 Å². The SMILES string of the molecule is CC(C)c1nc(-c2ccc(C(F)F)cc2)c(N)s1. The molecule has 0 aliphatic rings. The molecule has 0 radical (unpaired) electrons. The van der Waals surface area contributed by atoms with E-state index in [9.17, 15) is 8.78 Å². The Hall–Kier alpha value is -1.49. The first-order valence-electron chi connectivity index (χ1n) is 5.63. The third-order valence-electron chi connectivity index (χ3n) is 2.60. The third kappa shape index (κ3) is 2.51. The normalized spacial score (nSPS) is 11.4. The molecular weight excluding hydrogens is 254 g/mol. The Morgan fingerprint density at radius 1 is 1.17 bits per heavy atom. The van der Waals surface area contributed by atoms with E-state index in [1.165, 1.54) is 23.5 Å². The summed E-state index contributed by atoms with van der Waals surface area (Å²) in [6.45, 7) is 4.09. The number of rotatable bonds is 3.